The number of benzene rings is 3. The van der Waals surface area contributed by atoms with E-state index in [1.165, 1.54) is 11.8 Å². The predicted octanol–water partition coefficient (Wildman–Crippen LogP) is 5.28. The van der Waals surface area contributed by atoms with Gasteiger partial charge in [-0.05, 0) is 50.2 Å². The molecule has 0 spiro atoms. The monoisotopic (exact) mass is 474 g/mol. The van der Waals surface area contributed by atoms with Crippen molar-refractivity contribution in [1.29, 1.82) is 0 Å². The maximum absolute atomic E-state index is 12.8. The number of para-hydroxylation sites is 3. The molecule has 1 atom stereocenters. The number of carbonyl (C=O) groups excluding carboxylic acids is 1. The summed E-state index contributed by atoms with van der Waals surface area (Å²) in [7, 11) is 1.60. The Kier molecular flexibility index (Phi) is 7.49. The fourth-order valence-electron chi connectivity index (χ4n) is 3.28. The largest absolute Gasteiger partial charge is 0.493 e. The van der Waals surface area contributed by atoms with Crippen molar-refractivity contribution in [2.45, 2.75) is 30.9 Å². The number of thioether (sulfide) groups is 1. The number of methoxy groups -OCH3 is 1. The first-order valence-electron chi connectivity index (χ1n) is 10.8. The lowest BCUT2D eigenvalue weighted by molar-refractivity contribution is -0.115. The Labute approximate surface area is 203 Å². The summed E-state index contributed by atoms with van der Waals surface area (Å²) in [5.41, 5.74) is 2.79. The molecule has 0 fully saturated rings. The third-order valence-electron chi connectivity index (χ3n) is 5.11. The Morgan fingerprint density at radius 1 is 0.971 bits per heavy atom. The first kappa shape index (κ1) is 23.4. The van der Waals surface area contributed by atoms with E-state index in [0.717, 1.165) is 16.9 Å². The van der Waals surface area contributed by atoms with E-state index in [1.54, 1.807) is 7.11 Å². The Morgan fingerprint density at radius 2 is 1.65 bits per heavy atom. The summed E-state index contributed by atoms with van der Waals surface area (Å²) in [5.74, 6) is 1.77. The van der Waals surface area contributed by atoms with E-state index in [-0.39, 0.29) is 12.5 Å². The molecule has 174 valence electrons. The Bertz CT molecular complexity index is 1240. The van der Waals surface area contributed by atoms with Gasteiger partial charge in [0.25, 0.3) is 0 Å². The van der Waals surface area contributed by atoms with Crippen LogP contribution in [0, 0.1) is 6.92 Å². The highest BCUT2D eigenvalue weighted by atomic mass is 32.2. The van der Waals surface area contributed by atoms with E-state index in [4.69, 9.17) is 9.47 Å². The SMILES string of the molecule is COc1ccccc1OCc1nnc(SC(C)C(=O)Nc2ccc(C)cc2)n1-c1ccccc1. The summed E-state index contributed by atoms with van der Waals surface area (Å²) in [6, 6.07) is 24.9. The molecule has 3 aromatic carbocycles. The van der Waals surface area contributed by atoms with Crippen molar-refractivity contribution in [1.82, 2.24) is 14.8 Å². The number of carbonyl (C=O) groups is 1. The minimum Gasteiger partial charge on any atom is -0.493 e. The van der Waals surface area contributed by atoms with E-state index in [1.807, 2.05) is 97.3 Å². The van der Waals surface area contributed by atoms with Crippen molar-refractivity contribution in [2.75, 3.05) is 12.4 Å². The molecule has 0 saturated carbocycles. The summed E-state index contributed by atoms with van der Waals surface area (Å²) in [6.45, 7) is 4.05. The summed E-state index contributed by atoms with van der Waals surface area (Å²) in [4.78, 5) is 12.8. The molecule has 4 aromatic rings. The van der Waals surface area contributed by atoms with Crippen LogP contribution in [0.25, 0.3) is 5.69 Å². The number of rotatable bonds is 9. The quantitative estimate of drug-likeness (QED) is 0.333. The van der Waals surface area contributed by atoms with Gasteiger partial charge in [0.2, 0.25) is 5.91 Å². The molecule has 34 heavy (non-hydrogen) atoms. The van der Waals surface area contributed by atoms with Crippen molar-refractivity contribution in [3.05, 3.63) is 90.3 Å². The normalized spacial score (nSPS) is 11.6. The van der Waals surface area contributed by atoms with E-state index in [0.29, 0.717) is 22.5 Å². The first-order valence-corrected chi connectivity index (χ1v) is 11.7. The fraction of sp³-hybridized carbons (Fsp3) is 0.192. The highest BCUT2D eigenvalue weighted by molar-refractivity contribution is 8.00. The van der Waals surface area contributed by atoms with Crippen LogP contribution >= 0.6 is 11.8 Å². The Balaban J connectivity index is 1.54. The molecule has 0 bridgehead atoms. The number of nitrogens with one attached hydrogen (secondary N) is 1. The van der Waals surface area contributed by atoms with Gasteiger partial charge in [-0.25, -0.2) is 0 Å². The molecule has 0 saturated heterocycles. The van der Waals surface area contributed by atoms with Crippen LogP contribution in [0.2, 0.25) is 0 Å². The lowest BCUT2D eigenvalue weighted by atomic mass is 10.2. The third kappa shape index (κ3) is 5.58. The van der Waals surface area contributed by atoms with Gasteiger partial charge in [-0.3, -0.25) is 9.36 Å². The van der Waals surface area contributed by atoms with Gasteiger partial charge in [-0.15, -0.1) is 10.2 Å². The van der Waals surface area contributed by atoms with Crippen molar-refractivity contribution in [3.63, 3.8) is 0 Å². The van der Waals surface area contributed by atoms with Crippen LogP contribution in [0.1, 0.15) is 18.3 Å². The second kappa shape index (κ2) is 10.9. The highest BCUT2D eigenvalue weighted by Gasteiger charge is 2.22. The second-order valence-corrected chi connectivity index (χ2v) is 8.93. The van der Waals surface area contributed by atoms with Crippen molar-refractivity contribution in [2.24, 2.45) is 0 Å². The van der Waals surface area contributed by atoms with Crippen LogP contribution in [0.5, 0.6) is 11.5 Å². The molecule has 1 unspecified atom stereocenters. The summed E-state index contributed by atoms with van der Waals surface area (Å²) < 4.78 is 13.3. The van der Waals surface area contributed by atoms with E-state index in [2.05, 4.69) is 15.5 Å². The molecule has 1 N–H and O–H groups in total. The Morgan fingerprint density at radius 3 is 2.35 bits per heavy atom. The Hall–Kier alpha value is -3.78. The number of hydrogen-bond donors (Lipinski definition) is 1. The van der Waals surface area contributed by atoms with E-state index >= 15 is 0 Å². The number of ether oxygens (including phenoxy) is 2. The molecular formula is C26H26N4O3S. The molecule has 7 nitrogen and oxygen atoms in total. The summed E-state index contributed by atoms with van der Waals surface area (Å²) in [5, 5.41) is 11.9. The van der Waals surface area contributed by atoms with Crippen LogP contribution in [-0.2, 0) is 11.4 Å². The number of nitrogens with zero attached hydrogens (tertiary/aromatic N) is 3. The standard InChI is InChI=1S/C26H26N4O3S/c1-18-13-15-20(16-14-18)27-25(31)19(2)34-26-29-28-24(30(26)21-9-5-4-6-10-21)17-33-23-12-8-7-11-22(23)32-3/h4-16,19H,17H2,1-3H3,(H,27,31). The van der Waals surface area contributed by atoms with E-state index in [9.17, 15) is 4.79 Å². The van der Waals surface area contributed by atoms with Gasteiger partial charge >= 0.3 is 0 Å². The smallest absolute Gasteiger partial charge is 0.237 e. The van der Waals surface area contributed by atoms with Gasteiger partial charge < -0.3 is 14.8 Å². The maximum Gasteiger partial charge on any atom is 0.237 e. The predicted molar refractivity (Wildman–Crippen MR) is 134 cm³/mol. The van der Waals surface area contributed by atoms with E-state index < -0.39 is 5.25 Å². The summed E-state index contributed by atoms with van der Waals surface area (Å²) in [6.07, 6.45) is 0. The van der Waals surface area contributed by atoms with Gasteiger partial charge in [0, 0.05) is 11.4 Å². The topological polar surface area (TPSA) is 78.3 Å². The van der Waals surface area contributed by atoms with Gasteiger partial charge in [-0.1, -0.05) is 59.8 Å². The molecule has 1 amide bonds. The molecular weight excluding hydrogens is 448 g/mol. The third-order valence-corrected chi connectivity index (χ3v) is 6.15. The number of aryl methyl sites for hydroxylation is 1. The van der Waals surface area contributed by atoms with Crippen LogP contribution in [0.4, 0.5) is 5.69 Å². The number of hydrogen-bond acceptors (Lipinski definition) is 6. The minimum atomic E-state index is -0.393. The van der Waals surface area contributed by atoms with Crippen molar-refractivity contribution >= 4 is 23.4 Å². The molecule has 0 radical (unpaired) electrons. The van der Waals surface area contributed by atoms with Crippen LogP contribution in [0.3, 0.4) is 0 Å². The van der Waals surface area contributed by atoms with Gasteiger partial charge in [-0.2, -0.15) is 0 Å². The average molecular weight is 475 g/mol. The zero-order valence-corrected chi connectivity index (χ0v) is 20.1. The fourth-order valence-corrected chi connectivity index (χ4v) is 4.17. The zero-order valence-electron chi connectivity index (χ0n) is 19.3. The molecule has 0 aliphatic rings. The highest BCUT2D eigenvalue weighted by Crippen LogP contribution is 2.29. The number of anilines is 1. The molecule has 4 rings (SSSR count). The minimum absolute atomic E-state index is 0.108. The molecule has 8 heteroatoms. The van der Waals surface area contributed by atoms with Gasteiger partial charge in [0.1, 0.15) is 6.61 Å². The van der Waals surface area contributed by atoms with Gasteiger partial charge in [0.05, 0.1) is 12.4 Å². The molecule has 1 aromatic heterocycles. The number of aromatic nitrogens is 3. The first-order chi connectivity index (χ1) is 16.5. The van der Waals surface area contributed by atoms with Gasteiger partial charge in [0.15, 0.2) is 22.5 Å². The lowest BCUT2D eigenvalue weighted by Gasteiger charge is -2.15. The zero-order chi connectivity index (χ0) is 23.9. The average Bonchev–Trinajstić information content (AvgIpc) is 3.27. The van der Waals surface area contributed by atoms with Crippen LogP contribution in [0.15, 0.2) is 84.0 Å². The summed E-state index contributed by atoms with van der Waals surface area (Å²) >= 11 is 1.34. The lowest BCUT2D eigenvalue weighted by Crippen LogP contribution is -2.23. The maximum atomic E-state index is 12.8. The van der Waals surface area contributed by atoms with Crippen LogP contribution < -0.4 is 14.8 Å². The molecule has 1 heterocycles. The van der Waals surface area contributed by atoms with Crippen LogP contribution in [-0.4, -0.2) is 33.0 Å². The number of amides is 1. The van der Waals surface area contributed by atoms with Crippen molar-refractivity contribution < 1.29 is 14.3 Å². The second-order valence-electron chi connectivity index (χ2n) is 7.62. The molecule has 0 aliphatic heterocycles. The molecule has 0 aliphatic carbocycles. The van der Waals surface area contributed by atoms with Crippen molar-refractivity contribution in [3.8, 4) is 17.2 Å².